The summed E-state index contributed by atoms with van der Waals surface area (Å²) in [6, 6.07) is 11.8. The van der Waals surface area contributed by atoms with Crippen LogP contribution in [0.5, 0.6) is 0 Å². The molecule has 1 aromatic carbocycles. The summed E-state index contributed by atoms with van der Waals surface area (Å²) in [5.41, 5.74) is 2.88. The number of rotatable bonds is 3. The van der Waals surface area contributed by atoms with Gasteiger partial charge in [-0.2, -0.15) is 0 Å². The number of thiophene rings is 1. The lowest BCUT2D eigenvalue weighted by Gasteiger charge is -2.27. The zero-order chi connectivity index (χ0) is 13.2. The van der Waals surface area contributed by atoms with E-state index in [1.54, 1.807) is 4.88 Å². The monoisotopic (exact) mass is 335 g/mol. The van der Waals surface area contributed by atoms with E-state index < -0.39 is 0 Å². The minimum Gasteiger partial charge on any atom is -0.303 e. The van der Waals surface area contributed by atoms with Gasteiger partial charge in [0.2, 0.25) is 0 Å². The Hall–Kier alpha value is -0.640. The van der Waals surface area contributed by atoms with Crippen LogP contribution >= 0.6 is 27.3 Å². The first-order valence-electron chi connectivity index (χ1n) is 6.82. The first kappa shape index (κ1) is 13.3. The van der Waals surface area contributed by atoms with Gasteiger partial charge in [0.15, 0.2) is 0 Å². The molecule has 1 heterocycles. The summed E-state index contributed by atoms with van der Waals surface area (Å²) in [6.07, 6.45) is 3.82. The topological polar surface area (TPSA) is 12.0 Å². The summed E-state index contributed by atoms with van der Waals surface area (Å²) in [4.78, 5) is 1.58. The highest BCUT2D eigenvalue weighted by atomic mass is 79.9. The summed E-state index contributed by atoms with van der Waals surface area (Å²) >= 11 is 5.40. The largest absolute Gasteiger partial charge is 0.303 e. The van der Waals surface area contributed by atoms with Crippen LogP contribution in [-0.4, -0.2) is 0 Å². The molecule has 1 unspecified atom stereocenters. The van der Waals surface area contributed by atoms with Gasteiger partial charge < -0.3 is 5.32 Å². The average Bonchev–Trinajstić information content (AvgIpc) is 2.89. The molecule has 100 valence electrons. The molecule has 0 aliphatic heterocycles. The van der Waals surface area contributed by atoms with Gasteiger partial charge in [-0.15, -0.1) is 11.3 Å². The lowest BCUT2D eigenvalue weighted by atomic mass is 9.93. The molecule has 0 saturated heterocycles. The van der Waals surface area contributed by atoms with Gasteiger partial charge in [-0.25, -0.2) is 0 Å². The van der Waals surface area contributed by atoms with Crippen LogP contribution in [0.3, 0.4) is 0 Å². The Morgan fingerprint density at radius 2 is 2.05 bits per heavy atom. The molecule has 0 amide bonds. The van der Waals surface area contributed by atoms with E-state index in [0.717, 1.165) is 4.47 Å². The number of hydrogen-bond donors (Lipinski definition) is 1. The summed E-state index contributed by atoms with van der Waals surface area (Å²) in [7, 11) is 0. The maximum absolute atomic E-state index is 3.79. The predicted molar refractivity (Wildman–Crippen MR) is 85.7 cm³/mol. The third-order valence-electron chi connectivity index (χ3n) is 3.87. The quantitative estimate of drug-likeness (QED) is 0.808. The van der Waals surface area contributed by atoms with E-state index >= 15 is 0 Å². The Labute approximate surface area is 127 Å². The van der Waals surface area contributed by atoms with Crippen LogP contribution in [0.1, 0.15) is 47.9 Å². The minimum atomic E-state index is 0.393. The lowest BCUT2D eigenvalue weighted by Crippen LogP contribution is -2.27. The van der Waals surface area contributed by atoms with E-state index in [1.807, 2.05) is 11.3 Å². The Bertz CT molecular complexity index is 546. The van der Waals surface area contributed by atoms with Crippen molar-refractivity contribution in [2.45, 2.75) is 38.3 Å². The van der Waals surface area contributed by atoms with Crippen LogP contribution in [0.15, 0.2) is 40.2 Å². The van der Waals surface area contributed by atoms with Crippen molar-refractivity contribution in [2.24, 2.45) is 0 Å². The van der Waals surface area contributed by atoms with E-state index in [-0.39, 0.29) is 0 Å². The highest BCUT2D eigenvalue weighted by molar-refractivity contribution is 9.10. The molecular weight excluding hydrogens is 318 g/mol. The number of halogens is 1. The van der Waals surface area contributed by atoms with Crippen LogP contribution in [0.4, 0.5) is 0 Å². The van der Waals surface area contributed by atoms with Gasteiger partial charge in [-0.1, -0.05) is 28.1 Å². The number of hydrogen-bond acceptors (Lipinski definition) is 2. The highest BCUT2D eigenvalue weighted by Crippen LogP contribution is 2.34. The molecule has 0 fully saturated rings. The van der Waals surface area contributed by atoms with Crippen LogP contribution in [-0.2, 0) is 6.42 Å². The van der Waals surface area contributed by atoms with Crippen LogP contribution in [0.2, 0.25) is 0 Å². The van der Waals surface area contributed by atoms with Crippen molar-refractivity contribution >= 4 is 27.3 Å². The zero-order valence-electron chi connectivity index (χ0n) is 11.0. The van der Waals surface area contributed by atoms with Gasteiger partial charge in [0.25, 0.3) is 0 Å². The summed E-state index contributed by atoms with van der Waals surface area (Å²) in [5.74, 6) is 0. The van der Waals surface area contributed by atoms with Gasteiger partial charge in [0.05, 0.1) is 0 Å². The zero-order valence-corrected chi connectivity index (χ0v) is 13.4. The third kappa shape index (κ3) is 2.93. The second-order valence-corrected chi connectivity index (χ2v) is 7.10. The third-order valence-corrected chi connectivity index (χ3v) is 5.40. The highest BCUT2D eigenvalue weighted by Gasteiger charge is 2.22. The van der Waals surface area contributed by atoms with Crippen molar-refractivity contribution in [1.29, 1.82) is 0 Å². The maximum atomic E-state index is 3.79. The molecule has 1 N–H and O–H groups in total. The molecule has 0 spiro atoms. The van der Waals surface area contributed by atoms with Crippen LogP contribution in [0, 0.1) is 0 Å². The summed E-state index contributed by atoms with van der Waals surface area (Å²) in [5, 5.41) is 6.02. The second-order valence-electron chi connectivity index (χ2n) is 5.18. The molecule has 3 rings (SSSR count). The number of nitrogens with one attached hydrogen (secondary N) is 1. The molecule has 2 aromatic rings. The first-order valence-corrected chi connectivity index (χ1v) is 8.49. The second kappa shape index (κ2) is 5.78. The van der Waals surface area contributed by atoms with E-state index in [0.29, 0.717) is 12.1 Å². The van der Waals surface area contributed by atoms with Crippen molar-refractivity contribution in [2.75, 3.05) is 0 Å². The van der Waals surface area contributed by atoms with Crippen LogP contribution < -0.4 is 5.32 Å². The fourth-order valence-corrected chi connectivity index (χ4v) is 4.06. The Balaban J connectivity index is 1.74. The van der Waals surface area contributed by atoms with E-state index in [9.17, 15) is 0 Å². The summed E-state index contributed by atoms with van der Waals surface area (Å²) in [6.45, 7) is 2.25. The van der Waals surface area contributed by atoms with Crippen molar-refractivity contribution in [3.8, 4) is 0 Å². The molecule has 19 heavy (non-hydrogen) atoms. The molecular formula is C16H18BrNS. The van der Waals surface area contributed by atoms with Crippen LogP contribution in [0.25, 0.3) is 0 Å². The fourth-order valence-electron chi connectivity index (χ4n) is 2.81. The Morgan fingerprint density at radius 1 is 1.26 bits per heavy atom. The summed E-state index contributed by atoms with van der Waals surface area (Å²) < 4.78 is 1.14. The van der Waals surface area contributed by atoms with Crippen molar-refractivity contribution in [1.82, 2.24) is 5.32 Å². The van der Waals surface area contributed by atoms with Gasteiger partial charge in [-0.05, 0) is 60.9 Å². The standard InChI is InChI=1S/C16H18BrNS/c1-11(12-5-7-13(17)8-6-12)18-15-3-2-4-16-14(15)9-10-19-16/h5-11,15,18H,2-4H2,1H3/t11-,15?/m1/s1. The fraction of sp³-hybridized carbons (Fsp3) is 0.375. The first-order chi connectivity index (χ1) is 9.24. The lowest BCUT2D eigenvalue weighted by molar-refractivity contribution is 0.418. The van der Waals surface area contributed by atoms with Gasteiger partial charge in [-0.3, -0.25) is 0 Å². The Kier molecular flexibility index (Phi) is 4.06. The minimum absolute atomic E-state index is 0.393. The molecule has 0 saturated carbocycles. The van der Waals surface area contributed by atoms with Crippen molar-refractivity contribution < 1.29 is 0 Å². The molecule has 1 nitrogen and oxygen atoms in total. The Morgan fingerprint density at radius 3 is 2.84 bits per heavy atom. The predicted octanol–water partition coefficient (Wildman–Crippen LogP) is 5.24. The maximum Gasteiger partial charge on any atom is 0.0336 e. The number of benzene rings is 1. The smallest absolute Gasteiger partial charge is 0.0336 e. The van der Waals surface area contributed by atoms with Gasteiger partial charge >= 0.3 is 0 Å². The number of aryl methyl sites for hydroxylation is 1. The molecule has 2 atom stereocenters. The average molecular weight is 336 g/mol. The molecule has 1 aliphatic rings. The number of fused-ring (bicyclic) bond motifs is 1. The van der Waals surface area contributed by atoms with Crippen molar-refractivity contribution in [3.63, 3.8) is 0 Å². The molecule has 3 heteroatoms. The molecule has 1 aliphatic carbocycles. The van der Waals surface area contributed by atoms with E-state index in [1.165, 1.54) is 30.4 Å². The van der Waals surface area contributed by atoms with Crippen molar-refractivity contribution in [3.05, 3.63) is 56.2 Å². The molecule has 1 aromatic heterocycles. The van der Waals surface area contributed by atoms with Gasteiger partial charge in [0.1, 0.15) is 0 Å². The SMILES string of the molecule is C[C@@H](NC1CCCc2sccc21)c1ccc(Br)cc1. The van der Waals surface area contributed by atoms with E-state index in [2.05, 4.69) is 63.9 Å². The van der Waals surface area contributed by atoms with Gasteiger partial charge in [0, 0.05) is 21.4 Å². The molecule has 0 bridgehead atoms. The normalized spacial score (nSPS) is 20.0. The molecule has 0 radical (unpaired) electrons. The van der Waals surface area contributed by atoms with E-state index in [4.69, 9.17) is 0 Å².